The number of aliphatic hydroxyl groups excluding tert-OH is 1. The lowest BCUT2D eigenvalue weighted by Gasteiger charge is -1.96. The SMILES string of the molecule is C.Cc1ccc(CCO)cc1. The molecule has 11 heavy (non-hydrogen) atoms. The smallest absolute Gasteiger partial charge is 0.0471 e. The normalized spacial score (nSPS) is 8.91. The molecule has 0 saturated heterocycles. The van der Waals surface area contributed by atoms with Gasteiger partial charge in [-0.3, -0.25) is 0 Å². The highest BCUT2D eigenvalue weighted by molar-refractivity contribution is 5.21. The van der Waals surface area contributed by atoms with Crippen molar-refractivity contribution >= 4 is 0 Å². The molecule has 0 heterocycles. The van der Waals surface area contributed by atoms with E-state index in [1.165, 1.54) is 11.1 Å². The van der Waals surface area contributed by atoms with E-state index in [2.05, 4.69) is 19.1 Å². The fourth-order valence-corrected chi connectivity index (χ4v) is 0.884. The van der Waals surface area contributed by atoms with Gasteiger partial charge in [-0.15, -0.1) is 0 Å². The second-order valence-electron chi connectivity index (χ2n) is 2.46. The van der Waals surface area contributed by atoms with Gasteiger partial charge >= 0.3 is 0 Å². The van der Waals surface area contributed by atoms with Crippen molar-refractivity contribution < 1.29 is 5.11 Å². The van der Waals surface area contributed by atoms with Crippen LogP contribution in [0.5, 0.6) is 0 Å². The average Bonchev–Trinajstić information content (AvgIpc) is 1.95. The van der Waals surface area contributed by atoms with E-state index in [0.717, 1.165) is 6.42 Å². The van der Waals surface area contributed by atoms with E-state index in [4.69, 9.17) is 5.11 Å². The summed E-state index contributed by atoms with van der Waals surface area (Å²) >= 11 is 0. The fraction of sp³-hybridized carbons (Fsp3) is 0.400. The zero-order valence-corrected chi connectivity index (χ0v) is 6.17. The average molecular weight is 152 g/mol. The Hall–Kier alpha value is -0.820. The van der Waals surface area contributed by atoms with Crippen LogP contribution in [0.15, 0.2) is 24.3 Å². The van der Waals surface area contributed by atoms with Gasteiger partial charge in [0, 0.05) is 6.61 Å². The summed E-state index contributed by atoms with van der Waals surface area (Å²) in [5.41, 5.74) is 2.47. The quantitative estimate of drug-likeness (QED) is 0.688. The molecule has 0 bridgehead atoms. The minimum Gasteiger partial charge on any atom is -0.396 e. The first-order valence-corrected chi connectivity index (χ1v) is 3.49. The van der Waals surface area contributed by atoms with E-state index in [9.17, 15) is 0 Å². The molecule has 0 fully saturated rings. The van der Waals surface area contributed by atoms with Gasteiger partial charge in [0.15, 0.2) is 0 Å². The lowest BCUT2D eigenvalue weighted by Crippen LogP contribution is -1.89. The van der Waals surface area contributed by atoms with Crippen LogP contribution in [0.2, 0.25) is 0 Å². The molecule has 1 nitrogen and oxygen atoms in total. The molecule has 0 spiro atoms. The van der Waals surface area contributed by atoms with E-state index < -0.39 is 0 Å². The first-order valence-electron chi connectivity index (χ1n) is 3.49. The highest BCUT2D eigenvalue weighted by atomic mass is 16.2. The summed E-state index contributed by atoms with van der Waals surface area (Å²) in [7, 11) is 0. The van der Waals surface area contributed by atoms with Crippen molar-refractivity contribution in [1.82, 2.24) is 0 Å². The van der Waals surface area contributed by atoms with Crippen LogP contribution in [-0.4, -0.2) is 11.7 Å². The summed E-state index contributed by atoms with van der Waals surface area (Å²) in [6, 6.07) is 8.22. The summed E-state index contributed by atoms with van der Waals surface area (Å²) < 4.78 is 0. The summed E-state index contributed by atoms with van der Waals surface area (Å²) in [5, 5.41) is 8.59. The van der Waals surface area contributed by atoms with Crippen LogP contribution in [0, 0.1) is 6.92 Å². The first kappa shape index (κ1) is 10.2. The Labute approximate surface area is 68.7 Å². The van der Waals surface area contributed by atoms with Crippen molar-refractivity contribution in [3.8, 4) is 0 Å². The maximum atomic E-state index is 8.59. The third-order valence-electron chi connectivity index (χ3n) is 1.52. The van der Waals surface area contributed by atoms with Crippen LogP contribution < -0.4 is 0 Å². The van der Waals surface area contributed by atoms with Crippen LogP contribution >= 0.6 is 0 Å². The van der Waals surface area contributed by atoms with Gasteiger partial charge in [0.05, 0.1) is 0 Å². The van der Waals surface area contributed by atoms with E-state index >= 15 is 0 Å². The molecular weight excluding hydrogens is 136 g/mol. The Morgan fingerprint density at radius 2 is 1.73 bits per heavy atom. The van der Waals surface area contributed by atoms with Crippen molar-refractivity contribution in [3.63, 3.8) is 0 Å². The second-order valence-corrected chi connectivity index (χ2v) is 2.46. The monoisotopic (exact) mass is 152 g/mol. The minimum absolute atomic E-state index is 0. The molecule has 0 unspecified atom stereocenters. The van der Waals surface area contributed by atoms with Gasteiger partial charge in [0.1, 0.15) is 0 Å². The van der Waals surface area contributed by atoms with Crippen LogP contribution in [0.25, 0.3) is 0 Å². The topological polar surface area (TPSA) is 20.2 Å². The van der Waals surface area contributed by atoms with Crippen molar-refractivity contribution in [1.29, 1.82) is 0 Å². The molecule has 0 aliphatic rings. The van der Waals surface area contributed by atoms with Crippen LogP contribution in [0.3, 0.4) is 0 Å². The minimum atomic E-state index is 0. The van der Waals surface area contributed by atoms with E-state index in [-0.39, 0.29) is 14.0 Å². The number of rotatable bonds is 2. The van der Waals surface area contributed by atoms with Crippen LogP contribution in [-0.2, 0) is 6.42 Å². The number of hydrogen-bond acceptors (Lipinski definition) is 1. The maximum Gasteiger partial charge on any atom is 0.0471 e. The number of aliphatic hydroxyl groups is 1. The van der Waals surface area contributed by atoms with E-state index in [1.54, 1.807) is 0 Å². The molecule has 0 amide bonds. The van der Waals surface area contributed by atoms with E-state index in [1.807, 2.05) is 12.1 Å². The molecule has 1 rings (SSSR count). The lowest BCUT2D eigenvalue weighted by atomic mass is 10.1. The Bertz CT molecular complexity index is 189. The molecule has 0 atom stereocenters. The van der Waals surface area contributed by atoms with Gasteiger partial charge in [-0.1, -0.05) is 37.3 Å². The molecule has 1 N–H and O–H groups in total. The molecule has 0 aliphatic carbocycles. The van der Waals surface area contributed by atoms with Gasteiger partial charge in [0.2, 0.25) is 0 Å². The molecule has 0 saturated carbocycles. The van der Waals surface area contributed by atoms with Gasteiger partial charge in [0.25, 0.3) is 0 Å². The zero-order valence-electron chi connectivity index (χ0n) is 6.17. The third-order valence-corrected chi connectivity index (χ3v) is 1.52. The lowest BCUT2D eigenvalue weighted by molar-refractivity contribution is 0.299. The maximum absolute atomic E-state index is 8.59. The standard InChI is InChI=1S/C9H12O.CH4/c1-8-2-4-9(5-3-8)6-7-10;/h2-5,10H,6-7H2,1H3;1H4. The van der Waals surface area contributed by atoms with Crippen molar-refractivity contribution in [2.45, 2.75) is 20.8 Å². The summed E-state index contributed by atoms with van der Waals surface area (Å²) in [6.07, 6.45) is 0.764. The first-order chi connectivity index (χ1) is 4.83. The molecule has 0 aromatic heterocycles. The molecule has 1 aromatic carbocycles. The van der Waals surface area contributed by atoms with Crippen molar-refractivity contribution in [2.75, 3.05) is 6.61 Å². The predicted molar refractivity (Wildman–Crippen MR) is 48.7 cm³/mol. The van der Waals surface area contributed by atoms with E-state index in [0.29, 0.717) is 0 Å². The summed E-state index contributed by atoms with van der Waals surface area (Å²) in [5.74, 6) is 0. The van der Waals surface area contributed by atoms with Crippen LogP contribution in [0.1, 0.15) is 18.6 Å². The Kier molecular flexibility index (Phi) is 4.55. The Morgan fingerprint density at radius 1 is 1.18 bits per heavy atom. The van der Waals surface area contributed by atoms with Gasteiger partial charge in [-0.05, 0) is 18.9 Å². The van der Waals surface area contributed by atoms with Gasteiger partial charge < -0.3 is 5.11 Å². The fourth-order valence-electron chi connectivity index (χ4n) is 0.884. The molecule has 62 valence electrons. The zero-order chi connectivity index (χ0) is 7.40. The number of aryl methyl sites for hydroxylation is 1. The summed E-state index contributed by atoms with van der Waals surface area (Å²) in [4.78, 5) is 0. The number of hydrogen-bond donors (Lipinski definition) is 1. The second kappa shape index (κ2) is 4.91. The largest absolute Gasteiger partial charge is 0.396 e. The van der Waals surface area contributed by atoms with Crippen molar-refractivity contribution in [3.05, 3.63) is 35.4 Å². The molecule has 1 heteroatoms. The van der Waals surface area contributed by atoms with Crippen molar-refractivity contribution in [2.24, 2.45) is 0 Å². The Morgan fingerprint density at radius 3 is 2.18 bits per heavy atom. The third kappa shape index (κ3) is 3.19. The predicted octanol–water partition coefficient (Wildman–Crippen LogP) is 2.17. The molecule has 1 aromatic rings. The molecule has 0 aliphatic heterocycles. The number of benzene rings is 1. The van der Waals surface area contributed by atoms with Gasteiger partial charge in [-0.25, -0.2) is 0 Å². The molecular formula is C10H16O. The summed E-state index contributed by atoms with van der Waals surface area (Å²) in [6.45, 7) is 2.30. The van der Waals surface area contributed by atoms with Gasteiger partial charge in [-0.2, -0.15) is 0 Å². The highest BCUT2D eigenvalue weighted by Gasteiger charge is 1.88. The van der Waals surface area contributed by atoms with Crippen LogP contribution in [0.4, 0.5) is 0 Å². The highest BCUT2D eigenvalue weighted by Crippen LogP contribution is 2.02. The Balaban J connectivity index is 0.000001000. The molecule has 0 radical (unpaired) electrons.